The first-order valence-electron chi connectivity index (χ1n) is 8.34. The molecule has 1 N–H and O–H groups in total. The lowest BCUT2D eigenvalue weighted by molar-refractivity contribution is 0.0119. The van der Waals surface area contributed by atoms with Crippen LogP contribution >= 0.6 is 0 Å². The van der Waals surface area contributed by atoms with Crippen LogP contribution in [0.4, 0.5) is 0 Å². The Labute approximate surface area is 124 Å². The van der Waals surface area contributed by atoms with E-state index < -0.39 is 0 Å². The molecule has 2 rings (SSSR count). The molecule has 0 spiro atoms. The van der Waals surface area contributed by atoms with Crippen LogP contribution in [0.3, 0.4) is 0 Å². The Morgan fingerprint density at radius 3 is 2.45 bits per heavy atom. The van der Waals surface area contributed by atoms with E-state index in [1.165, 1.54) is 45.1 Å². The highest BCUT2D eigenvalue weighted by Crippen LogP contribution is 2.35. The molecule has 1 aliphatic carbocycles. The SMILES string of the molecule is COCCNCC1(CN2CCOCC2)CCCCCC1. The summed E-state index contributed by atoms with van der Waals surface area (Å²) in [6.07, 6.45) is 8.40. The van der Waals surface area contributed by atoms with Crippen LogP contribution in [0.15, 0.2) is 0 Å². The summed E-state index contributed by atoms with van der Waals surface area (Å²) in [6.45, 7) is 8.22. The van der Waals surface area contributed by atoms with Crippen molar-refractivity contribution in [2.24, 2.45) is 5.41 Å². The summed E-state index contributed by atoms with van der Waals surface area (Å²) in [5.41, 5.74) is 0.474. The van der Waals surface area contributed by atoms with Gasteiger partial charge in [0.25, 0.3) is 0 Å². The van der Waals surface area contributed by atoms with Gasteiger partial charge in [-0.2, -0.15) is 0 Å². The highest BCUT2D eigenvalue weighted by atomic mass is 16.5. The summed E-state index contributed by atoms with van der Waals surface area (Å²) in [7, 11) is 1.77. The molecular weight excluding hydrogens is 252 g/mol. The van der Waals surface area contributed by atoms with Crippen molar-refractivity contribution < 1.29 is 9.47 Å². The minimum atomic E-state index is 0.474. The van der Waals surface area contributed by atoms with Crippen LogP contribution < -0.4 is 5.32 Å². The van der Waals surface area contributed by atoms with Crippen LogP contribution in [0.2, 0.25) is 0 Å². The van der Waals surface area contributed by atoms with Gasteiger partial charge in [0, 0.05) is 39.8 Å². The van der Waals surface area contributed by atoms with Crippen LogP contribution in [-0.4, -0.2) is 64.6 Å². The van der Waals surface area contributed by atoms with E-state index >= 15 is 0 Å². The lowest BCUT2D eigenvalue weighted by Crippen LogP contribution is -2.48. The van der Waals surface area contributed by atoms with Gasteiger partial charge >= 0.3 is 0 Å². The molecule has 0 aromatic carbocycles. The monoisotopic (exact) mass is 284 g/mol. The average molecular weight is 284 g/mol. The zero-order valence-electron chi connectivity index (χ0n) is 13.2. The second-order valence-corrected chi connectivity index (χ2v) is 6.47. The summed E-state index contributed by atoms with van der Waals surface area (Å²) in [5, 5.41) is 3.63. The second-order valence-electron chi connectivity index (χ2n) is 6.47. The minimum Gasteiger partial charge on any atom is -0.383 e. The molecule has 0 aromatic heterocycles. The minimum absolute atomic E-state index is 0.474. The third-order valence-electron chi connectivity index (χ3n) is 4.81. The predicted molar refractivity (Wildman–Crippen MR) is 82.1 cm³/mol. The molecule has 4 nitrogen and oxygen atoms in total. The lowest BCUT2D eigenvalue weighted by Gasteiger charge is -2.39. The number of hydrogen-bond acceptors (Lipinski definition) is 4. The second kappa shape index (κ2) is 8.98. The molecule has 0 amide bonds. The van der Waals surface area contributed by atoms with Crippen molar-refractivity contribution in [3.63, 3.8) is 0 Å². The van der Waals surface area contributed by atoms with Gasteiger partial charge in [0.15, 0.2) is 0 Å². The van der Waals surface area contributed by atoms with Crippen LogP contribution in [0.5, 0.6) is 0 Å². The number of nitrogens with zero attached hydrogens (tertiary/aromatic N) is 1. The van der Waals surface area contributed by atoms with Gasteiger partial charge in [0.2, 0.25) is 0 Å². The summed E-state index contributed by atoms with van der Waals surface area (Å²) in [6, 6.07) is 0. The first-order valence-corrected chi connectivity index (χ1v) is 8.34. The summed E-state index contributed by atoms with van der Waals surface area (Å²) in [5.74, 6) is 0. The number of ether oxygens (including phenoxy) is 2. The maximum absolute atomic E-state index is 5.49. The summed E-state index contributed by atoms with van der Waals surface area (Å²) < 4.78 is 10.6. The molecule has 0 radical (unpaired) electrons. The molecule has 20 heavy (non-hydrogen) atoms. The third kappa shape index (κ3) is 5.32. The number of hydrogen-bond donors (Lipinski definition) is 1. The molecule has 1 saturated heterocycles. The molecule has 1 saturated carbocycles. The number of nitrogens with one attached hydrogen (secondary N) is 1. The fraction of sp³-hybridized carbons (Fsp3) is 1.00. The first kappa shape index (κ1) is 16.2. The van der Waals surface area contributed by atoms with Crippen molar-refractivity contribution in [2.45, 2.75) is 38.5 Å². The van der Waals surface area contributed by atoms with E-state index in [9.17, 15) is 0 Å². The van der Waals surface area contributed by atoms with Crippen LogP contribution in [0, 0.1) is 5.41 Å². The Kier molecular flexibility index (Phi) is 7.28. The van der Waals surface area contributed by atoms with Crippen molar-refractivity contribution in [1.29, 1.82) is 0 Å². The predicted octanol–water partition coefficient (Wildman–Crippen LogP) is 1.90. The molecule has 2 aliphatic rings. The topological polar surface area (TPSA) is 33.7 Å². The number of methoxy groups -OCH3 is 1. The van der Waals surface area contributed by atoms with Crippen molar-refractivity contribution in [1.82, 2.24) is 10.2 Å². The van der Waals surface area contributed by atoms with E-state index in [1.807, 2.05) is 0 Å². The van der Waals surface area contributed by atoms with Crippen molar-refractivity contribution in [3.8, 4) is 0 Å². The molecule has 2 fully saturated rings. The van der Waals surface area contributed by atoms with Crippen molar-refractivity contribution >= 4 is 0 Å². The van der Waals surface area contributed by atoms with E-state index in [1.54, 1.807) is 7.11 Å². The summed E-state index contributed by atoms with van der Waals surface area (Å²) >= 11 is 0. The highest BCUT2D eigenvalue weighted by molar-refractivity contribution is 4.87. The van der Waals surface area contributed by atoms with Gasteiger partial charge in [-0.1, -0.05) is 25.7 Å². The molecule has 0 bridgehead atoms. The molecule has 1 heterocycles. The Bertz CT molecular complexity index is 247. The quantitative estimate of drug-likeness (QED) is 0.572. The van der Waals surface area contributed by atoms with Gasteiger partial charge in [-0.3, -0.25) is 4.90 Å². The summed E-state index contributed by atoms with van der Waals surface area (Å²) in [4.78, 5) is 2.62. The number of rotatable bonds is 7. The third-order valence-corrected chi connectivity index (χ3v) is 4.81. The van der Waals surface area contributed by atoms with E-state index in [0.29, 0.717) is 5.41 Å². The normalized spacial score (nSPS) is 24.4. The highest BCUT2D eigenvalue weighted by Gasteiger charge is 2.33. The van der Waals surface area contributed by atoms with E-state index in [0.717, 1.165) is 46.0 Å². The Hall–Kier alpha value is -0.160. The number of morpholine rings is 1. The van der Waals surface area contributed by atoms with Gasteiger partial charge < -0.3 is 14.8 Å². The maximum Gasteiger partial charge on any atom is 0.0594 e. The maximum atomic E-state index is 5.49. The van der Waals surface area contributed by atoms with E-state index in [4.69, 9.17) is 9.47 Å². The molecule has 0 aromatic rings. The molecule has 0 atom stereocenters. The fourth-order valence-corrected chi connectivity index (χ4v) is 3.63. The Morgan fingerprint density at radius 2 is 1.80 bits per heavy atom. The first-order chi connectivity index (χ1) is 9.85. The van der Waals surface area contributed by atoms with Gasteiger partial charge in [-0.25, -0.2) is 0 Å². The van der Waals surface area contributed by atoms with Gasteiger partial charge in [-0.15, -0.1) is 0 Å². The average Bonchev–Trinajstić information content (AvgIpc) is 2.71. The standard InChI is InChI=1S/C16H32N2O2/c1-19-11-8-17-14-16(6-4-2-3-5-7-16)15-18-9-12-20-13-10-18/h17H,2-15H2,1H3. The van der Waals surface area contributed by atoms with Gasteiger partial charge in [0.05, 0.1) is 19.8 Å². The fourth-order valence-electron chi connectivity index (χ4n) is 3.63. The molecule has 1 aliphatic heterocycles. The lowest BCUT2D eigenvalue weighted by atomic mass is 9.79. The van der Waals surface area contributed by atoms with Gasteiger partial charge in [-0.05, 0) is 18.3 Å². The Morgan fingerprint density at radius 1 is 1.10 bits per heavy atom. The molecule has 4 heteroatoms. The molecule has 118 valence electrons. The van der Waals surface area contributed by atoms with Crippen molar-refractivity contribution in [3.05, 3.63) is 0 Å². The van der Waals surface area contributed by atoms with E-state index in [-0.39, 0.29) is 0 Å². The van der Waals surface area contributed by atoms with Gasteiger partial charge in [0.1, 0.15) is 0 Å². The largest absolute Gasteiger partial charge is 0.383 e. The van der Waals surface area contributed by atoms with Crippen LogP contribution in [-0.2, 0) is 9.47 Å². The van der Waals surface area contributed by atoms with E-state index in [2.05, 4.69) is 10.2 Å². The zero-order valence-corrected chi connectivity index (χ0v) is 13.2. The zero-order chi connectivity index (χ0) is 14.1. The van der Waals surface area contributed by atoms with Crippen LogP contribution in [0.25, 0.3) is 0 Å². The van der Waals surface area contributed by atoms with Crippen molar-refractivity contribution in [2.75, 3.05) is 59.7 Å². The smallest absolute Gasteiger partial charge is 0.0594 e. The molecular formula is C16H32N2O2. The Balaban J connectivity index is 1.87. The molecule has 0 unspecified atom stereocenters. The van der Waals surface area contributed by atoms with Crippen LogP contribution in [0.1, 0.15) is 38.5 Å².